The summed E-state index contributed by atoms with van der Waals surface area (Å²) in [5, 5.41) is 4.71. The smallest absolute Gasteiger partial charge is 0.323 e. The summed E-state index contributed by atoms with van der Waals surface area (Å²) in [7, 11) is 1.60. The summed E-state index contributed by atoms with van der Waals surface area (Å²) in [5.74, 6) is -1.96. The van der Waals surface area contributed by atoms with Gasteiger partial charge in [-0.15, -0.1) is 0 Å². The Kier molecular flexibility index (Phi) is 3.48. The van der Waals surface area contributed by atoms with Crippen LogP contribution in [0, 0.1) is 0 Å². The van der Waals surface area contributed by atoms with Gasteiger partial charge in [0.25, 0.3) is 11.8 Å². The Morgan fingerprint density at radius 2 is 1.70 bits per heavy atom. The zero-order chi connectivity index (χ0) is 16.7. The Labute approximate surface area is 132 Å². The second kappa shape index (κ2) is 5.35. The summed E-state index contributed by atoms with van der Waals surface area (Å²) in [4.78, 5) is 41.6. The lowest BCUT2D eigenvalue weighted by Gasteiger charge is -2.12. The lowest BCUT2D eigenvalue weighted by atomic mass is 10.1. The molecule has 7 nitrogen and oxygen atoms in total. The van der Waals surface area contributed by atoms with E-state index < -0.39 is 17.8 Å². The lowest BCUT2D eigenvalue weighted by molar-refractivity contribution is -0.0591. The van der Waals surface area contributed by atoms with E-state index in [1.165, 1.54) is 16.8 Å². The first kappa shape index (κ1) is 15.0. The highest BCUT2D eigenvalue weighted by Gasteiger charge is 2.39. The van der Waals surface area contributed by atoms with Crippen molar-refractivity contribution in [3.63, 3.8) is 0 Å². The van der Waals surface area contributed by atoms with Crippen molar-refractivity contribution in [3.05, 3.63) is 52.8 Å². The summed E-state index contributed by atoms with van der Waals surface area (Å²) in [5.41, 5.74) is 1.34. The van der Waals surface area contributed by atoms with Crippen LogP contribution < -0.4 is 0 Å². The number of nitrogens with zero attached hydrogens (tertiary/aromatic N) is 3. The van der Waals surface area contributed by atoms with Gasteiger partial charge in [-0.25, -0.2) is 4.79 Å². The number of imide groups is 1. The second-order valence-corrected chi connectivity index (χ2v) is 5.56. The van der Waals surface area contributed by atoms with Crippen molar-refractivity contribution in [1.29, 1.82) is 0 Å². The Morgan fingerprint density at radius 1 is 1.13 bits per heavy atom. The average molecular weight is 313 g/mol. The van der Waals surface area contributed by atoms with Crippen molar-refractivity contribution < 1.29 is 19.2 Å². The fourth-order valence-corrected chi connectivity index (χ4v) is 2.34. The van der Waals surface area contributed by atoms with Gasteiger partial charge in [0, 0.05) is 7.05 Å². The molecular weight excluding hydrogens is 298 g/mol. The maximum Gasteiger partial charge on any atom is 0.381 e. The zero-order valence-corrected chi connectivity index (χ0v) is 12.9. The average Bonchev–Trinajstić information content (AvgIpc) is 3.02. The van der Waals surface area contributed by atoms with Crippen molar-refractivity contribution in [2.45, 2.75) is 19.8 Å². The molecule has 3 rings (SSSR count). The molecule has 0 saturated heterocycles. The van der Waals surface area contributed by atoms with E-state index in [1.807, 2.05) is 13.8 Å². The molecule has 1 aromatic carbocycles. The molecule has 0 N–H and O–H groups in total. The van der Waals surface area contributed by atoms with Gasteiger partial charge in [-0.05, 0) is 24.1 Å². The third-order valence-corrected chi connectivity index (χ3v) is 3.63. The molecule has 2 aromatic rings. The van der Waals surface area contributed by atoms with Crippen LogP contribution in [-0.4, -0.2) is 32.6 Å². The van der Waals surface area contributed by atoms with Crippen molar-refractivity contribution >= 4 is 17.8 Å². The molecule has 2 amide bonds. The number of fused-ring (bicyclic) bond motifs is 1. The number of aryl methyl sites for hydroxylation is 1. The Morgan fingerprint density at radius 3 is 2.17 bits per heavy atom. The number of benzene rings is 1. The van der Waals surface area contributed by atoms with E-state index in [-0.39, 0.29) is 22.7 Å². The molecule has 0 unspecified atom stereocenters. The van der Waals surface area contributed by atoms with E-state index in [9.17, 15) is 14.4 Å². The van der Waals surface area contributed by atoms with Gasteiger partial charge in [-0.2, -0.15) is 5.10 Å². The molecule has 0 fully saturated rings. The summed E-state index contributed by atoms with van der Waals surface area (Å²) in [6.07, 6.45) is 0. The zero-order valence-electron chi connectivity index (χ0n) is 12.9. The van der Waals surface area contributed by atoms with Crippen molar-refractivity contribution in [2.75, 3.05) is 0 Å². The van der Waals surface area contributed by atoms with E-state index in [0.717, 1.165) is 5.69 Å². The number of carbonyl (C=O) groups is 3. The highest BCUT2D eigenvalue weighted by molar-refractivity contribution is 6.21. The van der Waals surface area contributed by atoms with Crippen molar-refractivity contribution in [2.24, 2.45) is 7.05 Å². The fourth-order valence-electron chi connectivity index (χ4n) is 2.34. The van der Waals surface area contributed by atoms with E-state index >= 15 is 0 Å². The van der Waals surface area contributed by atoms with Crippen molar-refractivity contribution in [3.8, 4) is 0 Å². The lowest BCUT2D eigenvalue weighted by Crippen LogP contribution is -2.33. The molecule has 1 aromatic heterocycles. The third kappa shape index (κ3) is 2.40. The first-order chi connectivity index (χ1) is 10.9. The molecule has 23 heavy (non-hydrogen) atoms. The Balaban J connectivity index is 1.85. The van der Waals surface area contributed by atoms with Crippen LogP contribution in [-0.2, 0) is 11.9 Å². The number of carbonyl (C=O) groups excluding carboxylic acids is 3. The van der Waals surface area contributed by atoms with E-state index in [4.69, 9.17) is 4.84 Å². The van der Waals surface area contributed by atoms with Gasteiger partial charge in [0.1, 0.15) is 5.69 Å². The van der Waals surface area contributed by atoms with Gasteiger partial charge < -0.3 is 4.84 Å². The maximum absolute atomic E-state index is 12.3. The number of rotatable bonds is 3. The molecule has 118 valence electrons. The van der Waals surface area contributed by atoms with Gasteiger partial charge >= 0.3 is 5.97 Å². The molecule has 0 atom stereocenters. The SMILES string of the molecule is CC(C)c1cc(C(=O)ON2C(=O)c3ccccc3C2=O)n(C)n1. The van der Waals surface area contributed by atoms with Gasteiger partial charge in [0.15, 0.2) is 0 Å². The van der Waals surface area contributed by atoms with Crippen LogP contribution in [0.25, 0.3) is 0 Å². The van der Waals surface area contributed by atoms with Gasteiger partial charge in [-0.1, -0.05) is 31.0 Å². The largest absolute Gasteiger partial charge is 0.381 e. The van der Waals surface area contributed by atoms with E-state index in [2.05, 4.69) is 5.10 Å². The molecule has 1 aliphatic rings. The minimum atomic E-state index is -0.804. The van der Waals surface area contributed by atoms with E-state index in [1.54, 1.807) is 25.2 Å². The van der Waals surface area contributed by atoms with Gasteiger partial charge in [-0.3, -0.25) is 14.3 Å². The van der Waals surface area contributed by atoms with E-state index in [0.29, 0.717) is 5.06 Å². The number of aromatic nitrogens is 2. The third-order valence-electron chi connectivity index (χ3n) is 3.63. The van der Waals surface area contributed by atoms with Crippen molar-refractivity contribution in [1.82, 2.24) is 14.8 Å². The predicted molar refractivity (Wildman–Crippen MR) is 79.7 cm³/mol. The number of amides is 2. The molecule has 2 heterocycles. The minimum Gasteiger partial charge on any atom is -0.323 e. The first-order valence-corrected chi connectivity index (χ1v) is 7.14. The van der Waals surface area contributed by atoms with Gasteiger partial charge in [0.05, 0.1) is 16.8 Å². The van der Waals surface area contributed by atoms with Crippen LogP contribution in [0.3, 0.4) is 0 Å². The number of hydrogen-bond donors (Lipinski definition) is 0. The maximum atomic E-state index is 12.3. The quantitative estimate of drug-likeness (QED) is 0.809. The summed E-state index contributed by atoms with van der Waals surface area (Å²) < 4.78 is 1.37. The molecule has 7 heteroatoms. The van der Waals surface area contributed by atoms with Crippen LogP contribution in [0.1, 0.15) is 56.7 Å². The standard InChI is InChI=1S/C16H15N3O4/c1-9(2)12-8-13(18(3)17-12)16(22)23-19-14(20)10-6-4-5-7-11(10)15(19)21/h4-9H,1-3H3. The fraction of sp³-hybridized carbons (Fsp3) is 0.250. The molecule has 0 aliphatic carbocycles. The summed E-state index contributed by atoms with van der Waals surface area (Å²) >= 11 is 0. The second-order valence-electron chi connectivity index (χ2n) is 5.56. The normalized spacial score (nSPS) is 13.7. The molecule has 0 bridgehead atoms. The molecule has 0 spiro atoms. The molecular formula is C16H15N3O4. The van der Waals surface area contributed by atoms with Crippen LogP contribution in [0.15, 0.2) is 30.3 Å². The molecule has 1 aliphatic heterocycles. The van der Waals surface area contributed by atoms with Gasteiger partial charge in [0.2, 0.25) is 0 Å². The Bertz CT molecular complexity index is 787. The number of hydrogen-bond acceptors (Lipinski definition) is 5. The highest BCUT2D eigenvalue weighted by Crippen LogP contribution is 2.23. The predicted octanol–water partition coefficient (Wildman–Crippen LogP) is 1.91. The number of hydroxylamine groups is 2. The van der Waals surface area contributed by atoms with Crippen LogP contribution >= 0.6 is 0 Å². The monoisotopic (exact) mass is 313 g/mol. The molecule has 0 radical (unpaired) electrons. The summed E-state index contributed by atoms with van der Waals surface area (Å²) in [6, 6.07) is 7.91. The minimum absolute atomic E-state index is 0.141. The van der Waals surface area contributed by atoms with Crippen LogP contribution in [0.5, 0.6) is 0 Å². The van der Waals surface area contributed by atoms with Crippen LogP contribution in [0.4, 0.5) is 0 Å². The highest BCUT2D eigenvalue weighted by atomic mass is 16.7. The molecule has 0 saturated carbocycles. The topological polar surface area (TPSA) is 81.5 Å². The van der Waals surface area contributed by atoms with Crippen LogP contribution in [0.2, 0.25) is 0 Å². The first-order valence-electron chi connectivity index (χ1n) is 7.14. The Hall–Kier alpha value is -2.96. The summed E-state index contributed by atoms with van der Waals surface area (Å²) in [6.45, 7) is 3.89.